The predicted octanol–water partition coefficient (Wildman–Crippen LogP) is 5.05. The number of nitrogens with zero attached hydrogens (tertiary/aromatic N) is 2. The molecule has 1 unspecified atom stereocenters. The second-order valence-corrected chi connectivity index (χ2v) is 7.49. The van der Waals surface area contributed by atoms with Crippen LogP contribution in [0.1, 0.15) is 46.1 Å². The van der Waals surface area contributed by atoms with Gasteiger partial charge >= 0.3 is 0 Å². The van der Waals surface area contributed by atoms with Crippen molar-refractivity contribution in [2.24, 2.45) is 0 Å². The quantitative estimate of drug-likeness (QED) is 0.667. The van der Waals surface area contributed by atoms with E-state index in [-0.39, 0.29) is 17.0 Å². The molecular formula is C21H19Cl2N3O. The highest BCUT2D eigenvalue weighted by Gasteiger charge is 2.26. The van der Waals surface area contributed by atoms with Gasteiger partial charge in [0.2, 0.25) is 0 Å². The Bertz CT molecular complexity index is 969. The van der Waals surface area contributed by atoms with Gasteiger partial charge in [-0.2, -0.15) is 5.10 Å². The zero-order valence-electron chi connectivity index (χ0n) is 14.7. The molecule has 4 rings (SSSR count). The van der Waals surface area contributed by atoms with Crippen molar-refractivity contribution < 1.29 is 4.79 Å². The molecular weight excluding hydrogens is 381 g/mol. The van der Waals surface area contributed by atoms with E-state index in [9.17, 15) is 4.79 Å². The van der Waals surface area contributed by atoms with Crippen molar-refractivity contribution >= 4 is 29.1 Å². The molecule has 1 aliphatic rings. The van der Waals surface area contributed by atoms with Gasteiger partial charge < -0.3 is 5.32 Å². The Labute approximate surface area is 168 Å². The Morgan fingerprint density at radius 1 is 1.15 bits per heavy atom. The van der Waals surface area contributed by atoms with Crippen LogP contribution in [0.15, 0.2) is 54.7 Å². The first kappa shape index (κ1) is 18.1. The van der Waals surface area contributed by atoms with Gasteiger partial charge in [0.1, 0.15) is 0 Å². The molecule has 0 aliphatic heterocycles. The molecule has 0 saturated carbocycles. The lowest BCUT2D eigenvalue weighted by atomic mass is 9.92. The lowest BCUT2D eigenvalue weighted by molar-refractivity contribution is 0.0933. The number of carbonyl (C=O) groups excluding carboxylic acids is 1. The SMILES string of the molecule is O=C(NC1CCCc2c1cnn2Cc1ccccc1)c1cccc(Cl)c1Cl. The third-order valence-corrected chi connectivity index (χ3v) is 5.76. The number of halogens is 2. The van der Waals surface area contributed by atoms with E-state index in [2.05, 4.69) is 22.5 Å². The maximum absolute atomic E-state index is 12.7. The second-order valence-electron chi connectivity index (χ2n) is 6.71. The molecule has 1 amide bonds. The summed E-state index contributed by atoms with van der Waals surface area (Å²) in [4.78, 5) is 12.7. The summed E-state index contributed by atoms with van der Waals surface area (Å²) in [7, 11) is 0. The van der Waals surface area contributed by atoms with Crippen molar-refractivity contribution in [3.8, 4) is 0 Å². The predicted molar refractivity (Wildman–Crippen MR) is 107 cm³/mol. The number of amides is 1. The van der Waals surface area contributed by atoms with Gasteiger partial charge in [-0.25, -0.2) is 0 Å². The van der Waals surface area contributed by atoms with Crippen molar-refractivity contribution in [2.75, 3.05) is 0 Å². The molecule has 1 N–H and O–H groups in total. The largest absolute Gasteiger partial charge is 0.345 e. The summed E-state index contributed by atoms with van der Waals surface area (Å²) < 4.78 is 2.04. The van der Waals surface area contributed by atoms with Gasteiger partial charge in [-0.15, -0.1) is 0 Å². The van der Waals surface area contributed by atoms with E-state index < -0.39 is 0 Å². The molecule has 1 heterocycles. The van der Waals surface area contributed by atoms with E-state index in [1.165, 1.54) is 11.3 Å². The number of fused-ring (bicyclic) bond motifs is 1. The molecule has 138 valence electrons. The van der Waals surface area contributed by atoms with Gasteiger partial charge in [0.15, 0.2) is 0 Å². The van der Waals surface area contributed by atoms with Crippen molar-refractivity contribution in [3.05, 3.63) is 87.2 Å². The number of hydrogen-bond donors (Lipinski definition) is 1. The summed E-state index contributed by atoms with van der Waals surface area (Å²) in [5.74, 6) is -0.212. The van der Waals surface area contributed by atoms with E-state index in [4.69, 9.17) is 23.2 Å². The van der Waals surface area contributed by atoms with E-state index >= 15 is 0 Å². The lowest BCUT2D eigenvalue weighted by Crippen LogP contribution is -2.31. The van der Waals surface area contributed by atoms with Gasteiger partial charge in [0, 0.05) is 11.3 Å². The van der Waals surface area contributed by atoms with Crippen molar-refractivity contribution in [1.29, 1.82) is 0 Å². The fourth-order valence-electron chi connectivity index (χ4n) is 3.58. The summed E-state index contributed by atoms with van der Waals surface area (Å²) in [5, 5.41) is 8.34. The first-order valence-electron chi connectivity index (χ1n) is 8.97. The molecule has 0 spiro atoms. The number of aromatic nitrogens is 2. The first-order chi connectivity index (χ1) is 13.1. The minimum atomic E-state index is -0.212. The maximum Gasteiger partial charge on any atom is 0.253 e. The molecule has 0 fully saturated rings. The van der Waals surface area contributed by atoms with Gasteiger partial charge in [0.25, 0.3) is 5.91 Å². The summed E-state index contributed by atoms with van der Waals surface area (Å²) in [6.45, 7) is 0.733. The molecule has 3 aromatic rings. The monoisotopic (exact) mass is 399 g/mol. The Balaban J connectivity index is 1.55. The Hall–Kier alpha value is -2.30. The minimum absolute atomic E-state index is 0.0687. The molecule has 2 aromatic carbocycles. The van der Waals surface area contributed by atoms with E-state index in [0.717, 1.165) is 31.4 Å². The highest BCUT2D eigenvalue weighted by molar-refractivity contribution is 6.43. The number of benzene rings is 2. The molecule has 27 heavy (non-hydrogen) atoms. The second kappa shape index (κ2) is 7.75. The average Bonchev–Trinajstić information content (AvgIpc) is 3.09. The molecule has 1 aromatic heterocycles. The topological polar surface area (TPSA) is 46.9 Å². The molecule has 0 saturated heterocycles. The van der Waals surface area contributed by atoms with E-state index in [1.807, 2.05) is 29.1 Å². The number of nitrogens with one attached hydrogen (secondary N) is 1. The van der Waals surface area contributed by atoms with Crippen molar-refractivity contribution in [2.45, 2.75) is 31.8 Å². The highest BCUT2D eigenvalue weighted by atomic mass is 35.5. The van der Waals surface area contributed by atoms with Crippen LogP contribution in [0.2, 0.25) is 10.0 Å². The van der Waals surface area contributed by atoms with Gasteiger partial charge in [-0.3, -0.25) is 9.48 Å². The maximum atomic E-state index is 12.7. The summed E-state index contributed by atoms with van der Waals surface area (Å²) in [5.41, 5.74) is 3.88. The van der Waals surface area contributed by atoms with Gasteiger partial charge in [0.05, 0.1) is 34.4 Å². The zero-order chi connectivity index (χ0) is 18.8. The Morgan fingerprint density at radius 3 is 2.78 bits per heavy atom. The van der Waals surface area contributed by atoms with Crippen LogP contribution in [0.3, 0.4) is 0 Å². The van der Waals surface area contributed by atoms with Crippen LogP contribution in [0.25, 0.3) is 0 Å². The molecule has 1 atom stereocenters. The fourth-order valence-corrected chi connectivity index (χ4v) is 3.96. The van der Waals surface area contributed by atoms with Crippen LogP contribution in [-0.4, -0.2) is 15.7 Å². The Morgan fingerprint density at radius 2 is 1.96 bits per heavy atom. The van der Waals surface area contributed by atoms with Gasteiger partial charge in [-0.05, 0) is 37.0 Å². The normalized spacial score (nSPS) is 16.0. The fraction of sp³-hybridized carbons (Fsp3) is 0.238. The number of carbonyl (C=O) groups is 1. The van der Waals surface area contributed by atoms with E-state index in [0.29, 0.717) is 10.6 Å². The van der Waals surface area contributed by atoms with Crippen LogP contribution in [0.5, 0.6) is 0 Å². The summed E-state index contributed by atoms with van der Waals surface area (Å²) >= 11 is 12.2. The molecule has 1 aliphatic carbocycles. The number of rotatable bonds is 4. The lowest BCUT2D eigenvalue weighted by Gasteiger charge is -2.24. The van der Waals surface area contributed by atoms with E-state index in [1.54, 1.807) is 18.2 Å². The Kier molecular flexibility index (Phi) is 5.19. The molecule has 0 bridgehead atoms. The van der Waals surface area contributed by atoms with Crippen LogP contribution in [-0.2, 0) is 13.0 Å². The van der Waals surface area contributed by atoms with Crippen LogP contribution >= 0.6 is 23.2 Å². The van der Waals surface area contributed by atoms with Crippen LogP contribution in [0.4, 0.5) is 0 Å². The summed E-state index contributed by atoms with van der Waals surface area (Å²) in [6.07, 6.45) is 4.73. The average molecular weight is 400 g/mol. The van der Waals surface area contributed by atoms with Gasteiger partial charge in [-0.1, -0.05) is 59.6 Å². The third-order valence-electron chi connectivity index (χ3n) is 4.94. The zero-order valence-corrected chi connectivity index (χ0v) is 16.2. The highest BCUT2D eigenvalue weighted by Crippen LogP contribution is 2.31. The molecule has 6 heteroatoms. The smallest absolute Gasteiger partial charge is 0.253 e. The third kappa shape index (κ3) is 3.73. The standard InChI is InChI=1S/C21H19Cl2N3O/c22-17-9-4-8-15(20(17)23)21(27)25-18-10-5-11-19-16(18)12-24-26(19)13-14-6-2-1-3-7-14/h1-4,6-9,12,18H,5,10-11,13H2,(H,25,27). The number of hydrogen-bond acceptors (Lipinski definition) is 2. The minimum Gasteiger partial charge on any atom is -0.345 e. The first-order valence-corrected chi connectivity index (χ1v) is 9.72. The van der Waals surface area contributed by atoms with Crippen LogP contribution in [0, 0.1) is 0 Å². The van der Waals surface area contributed by atoms with Crippen LogP contribution < -0.4 is 5.32 Å². The van der Waals surface area contributed by atoms with Crippen molar-refractivity contribution in [3.63, 3.8) is 0 Å². The van der Waals surface area contributed by atoms with Crippen molar-refractivity contribution in [1.82, 2.24) is 15.1 Å². The molecule has 0 radical (unpaired) electrons. The molecule has 4 nitrogen and oxygen atoms in total. The summed E-state index contributed by atoms with van der Waals surface area (Å²) in [6, 6.07) is 15.3.